The van der Waals surface area contributed by atoms with Crippen molar-refractivity contribution in [2.45, 2.75) is 25.8 Å². The molecule has 1 amide bonds. The average Bonchev–Trinajstić information content (AvgIpc) is 2.06. The minimum Gasteiger partial charge on any atom is -0.370 e. The molecule has 0 aliphatic heterocycles. The number of carbonyl (C=O) groups excluding carboxylic acids is 1. The predicted octanol–water partition coefficient (Wildman–Crippen LogP) is 1.30. The topological polar surface area (TPSA) is 80.9 Å². The molecule has 0 aromatic carbocycles. The number of nitrogens with two attached hydrogens (primary N) is 1. The second-order valence-electron chi connectivity index (χ2n) is 3.87. The molecule has 5 nitrogen and oxygen atoms in total. The number of primary amides is 1. The van der Waals surface area contributed by atoms with E-state index in [0.29, 0.717) is 5.82 Å². The molecule has 0 atom stereocenters. The van der Waals surface area contributed by atoms with Crippen LogP contribution in [0.15, 0.2) is 17.0 Å². The summed E-state index contributed by atoms with van der Waals surface area (Å²) in [6, 6.07) is 0. The van der Waals surface area contributed by atoms with Gasteiger partial charge in [0.15, 0.2) is 0 Å². The predicted molar refractivity (Wildman–Crippen MR) is 61.2 cm³/mol. The van der Waals surface area contributed by atoms with Gasteiger partial charge in [0.1, 0.15) is 12.1 Å². The molecule has 0 fully saturated rings. The third-order valence-electron chi connectivity index (χ3n) is 1.74. The van der Waals surface area contributed by atoms with Gasteiger partial charge in [-0.25, -0.2) is 9.97 Å². The first-order valence-corrected chi connectivity index (χ1v) is 5.22. The van der Waals surface area contributed by atoms with Crippen LogP contribution in [-0.4, -0.2) is 21.4 Å². The van der Waals surface area contributed by atoms with Gasteiger partial charge in [0.25, 0.3) is 0 Å². The molecule has 0 saturated carbocycles. The van der Waals surface area contributed by atoms with Crippen LogP contribution >= 0.6 is 15.9 Å². The first-order chi connectivity index (χ1) is 6.91. The molecule has 6 heteroatoms. The van der Waals surface area contributed by atoms with Gasteiger partial charge in [-0.1, -0.05) is 0 Å². The Labute approximate surface area is 96.6 Å². The van der Waals surface area contributed by atoms with E-state index in [-0.39, 0.29) is 12.3 Å². The van der Waals surface area contributed by atoms with Gasteiger partial charge in [0.05, 0.1) is 4.47 Å². The zero-order valence-electron chi connectivity index (χ0n) is 8.62. The van der Waals surface area contributed by atoms with Crippen LogP contribution in [0, 0.1) is 0 Å². The molecule has 82 valence electrons. The summed E-state index contributed by atoms with van der Waals surface area (Å²) in [5.41, 5.74) is 4.72. The summed E-state index contributed by atoms with van der Waals surface area (Å²) in [5, 5.41) is 3.12. The number of carbonyl (C=O) groups is 1. The number of nitrogens with one attached hydrogen (secondary N) is 1. The Morgan fingerprint density at radius 3 is 2.87 bits per heavy atom. The summed E-state index contributed by atoms with van der Waals surface area (Å²) in [7, 11) is 0. The molecular weight excluding hydrogens is 260 g/mol. The lowest BCUT2D eigenvalue weighted by atomic mass is 10.0. The quantitative estimate of drug-likeness (QED) is 0.866. The molecule has 0 radical (unpaired) electrons. The first kappa shape index (κ1) is 11.9. The van der Waals surface area contributed by atoms with E-state index in [9.17, 15) is 4.79 Å². The van der Waals surface area contributed by atoms with E-state index < -0.39 is 5.54 Å². The Balaban J connectivity index is 2.77. The molecule has 1 rings (SSSR count). The van der Waals surface area contributed by atoms with E-state index in [1.807, 2.05) is 13.8 Å². The van der Waals surface area contributed by atoms with Crippen molar-refractivity contribution in [3.05, 3.63) is 17.0 Å². The van der Waals surface area contributed by atoms with Gasteiger partial charge in [-0.15, -0.1) is 0 Å². The molecule has 1 aromatic heterocycles. The van der Waals surface area contributed by atoms with Crippen molar-refractivity contribution in [2.24, 2.45) is 5.73 Å². The largest absolute Gasteiger partial charge is 0.370 e. The highest BCUT2D eigenvalue weighted by Gasteiger charge is 2.21. The monoisotopic (exact) mass is 272 g/mol. The van der Waals surface area contributed by atoms with Crippen LogP contribution < -0.4 is 11.1 Å². The van der Waals surface area contributed by atoms with Crippen molar-refractivity contribution < 1.29 is 4.79 Å². The Kier molecular flexibility index (Phi) is 3.62. The number of amides is 1. The minimum atomic E-state index is -0.428. The third-order valence-corrected chi connectivity index (χ3v) is 2.32. The van der Waals surface area contributed by atoms with Crippen LogP contribution in [0.3, 0.4) is 0 Å². The fourth-order valence-electron chi connectivity index (χ4n) is 1.20. The SMILES string of the molecule is CC(C)(CC(N)=O)Nc1ncncc1Br. The van der Waals surface area contributed by atoms with Crippen LogP contribution in [0.4, 0.5) is 5.82 Å². The maximum absolute atomic E-state index is 10.8. The van der Waals surface area contributed by atoms with Crippen LogP contribution in [0.5, 0.6) is 0 Å². The van der Waals surface area contributed by atoms with Crippen molar-refractivity contribution in [1.29, 1.82) is 0 Å². The summed E-state index contributed by atoms with van der Waals surface area (Å²) in [4.78, 5) is 18.7. The molecule has 0 aliphatic rings. The zero-order valence-corrected chi connectivity index (χ0v) is 10.2. The second kappa shape index (κ2) is 4.57. The van der Waals surface area contributed by atoms with Crippen molar-refractivity contribution in [1.82, 2.24) is 9.97 Å². The van der Waals surface area contributed by atoms with Crippen LogP contribution in [0.25, 0.3) is 0 Å². The molecule has 3 N–H and O–H groups in total. The van der Waals surface area contributed by atoms with E-state index in [0.717, 1.165) is 4.47 Å². The number of anilines is 1. The smallest absolute Gasteiger partial charge is 0.219 e. The van der Waals surface area contributed by atoms with E-state index in [4.69, 9.17) is 5.73 Å². The Bertz CT molecular complexity index is 367. The number of rotatable bonds is 4. The van der Waals surface area contributed by atoms with Gasteiger partial charge >= 0.3 is 0 Å². The standard InChI is InChI=1S/C9H13BrN4O/c1-9(2,3-7(11)15)14-8-6(10)4-12-5-13-8/h4-5H,3H2,1-2H3,(H2,11,15)(H,12,13,14). The highest BCUT2D eigenvalue weighted by molar-refractivity contribution is 9.10. The number of hydrogen-bond donors (Lipinski definition) is 2. The Morgan fingerprint density at radius 1 is 1.67 bits per heavy atom. The summed E-state index contributed by atoms with van der Waals surface area (Å²) in [5.74, 6) is 0.300. The number of hydrogen-bond acceptors (Lipinski definition) is 4. The fraction of sp³-hybridized carbons (Fsp3) is 0.444. The number of aromatic nitrogens is 2. The van der Waals surface area contributed by atoms with Gasteiger partial charge in [0, 0.05) is 18.2 Å². The van der Waals surface area contributed by atoms with Gasteiger partial charge in [-0.3, -0.25) is 4.79 Å². The van der Waals surface area contributed by atoms with Crippen LogP contribution in [0.2, 0.25) is 0 Å². The fourth-order valence-corrected chi connectivity index (χ4v) is 1.52. The van der Waals surface area contributed by atoms with Crippen molar-refractivity contribution >= 4 is 27.7 Å². The van der Waals surface area contributed by atoms with Gasteiger partial charge in [-0.05, 0) is 29.8 Å². The lowest BCUT2D eigenvalue weighted by molar-refractivity contribution is -0.118. The third kappa shape index (κ3) is 3.83. The van der Waals surface area contributed by atoms with Crippen molar-refractivity contribution in [3.63, 3.8) is 0 Å². The maximum atomic E-state index is 10.8. The first-order valence-electron chi connectivity index (χ1n) is 4.43. The zero-order chi connectivity index (χ0) is 11.5. The number of halogens is 1. The number of nitrogens with zero attached hydrogens (tertiary/aromatic N) is 2. The normalized spacial score (nSPS) is 11.1. The van der Waals surface area contributed by atoms with Gasteiger partial charge in [-0.2, -0.15) is 0 Å². The molecule has 0 bridgehead atoms. The van der Waals surface area contributed by atoms with E-state index in [1.54, 1.807) is 6.20 Å². The molecule has 15 heavy (non-hydrogen) atoms. The second-order valence-corrected chi connectivity index (χ2v) is 4.73. The lowest BCUT2D eigenvalue weighted by Crippen LogP contribution is -2.36. The van der Waals surface area contributed by atoms with Gasteiger partial charge < -0.3 is 11.1 Å². The van der Waals surface area contributed by atoms with E-state index in [1.165, 1.54) is 6.33 Å². The Hall–Kier alpha value is -1.17. The summed E-state index contributed by atoms with van der Waals surface area (Å²) < 4.78 is 0.752. The molecule has 0 aliphatic carbocycles. The Morgan fingerprint density at radius 2 is 2.33 bits per heavy atom. The van der Waals surface area contributed by atoms with Crippen LogP contribution in [0.1, 0.15) is 20.3 Å². The summed E-state index contributed by atoms with van der Waals surface area (Å²) in [6.45, 7) is 3.76. The van der Waals surface area contributed by atoms with Crippen molar-refractivity contribution in [2.75, 3.05) is 5.32 Å². The highest BCUT2D eigenvalue weighted by atomic mass is 79.9. The minimum absolute atomic E-state index is 0.240. The lowest BCUT2D eigenvalue weighted by Gasteiger charge is -2.25. The molecule has 1 aromatic rings. The van der Waals surface area contributed by atoms with Gasteiger partial charge in [0.2, 0.25) is 5.91 Å². The summed E-state index contributed by atoms with van der Waals surface area (Å²) in [6.07, 6.45) is 3.31. The maximum Gasteiger partial charge on any atom is 0.219 e. The van der Waals surface area contributed by atoms with E-state index in [2.05, 4.69) is 31.2 Å². The van der Waals surface area contributed by atoms with Crippen LogP contribution in [-0.2, 0) is 4.79 Å². The van der Waals surface area contributed by atoms with E-state index >= 15 is 0 Å². The average molecular weight is 273 g/mol. The molecule has 0 saturated heterocycles. The molecular formula is C9H13BrN4O. The van der Waals surface area contributed by atoms with Crippen molar-refractivity contribution in [3.8, 4) is 0 Å². The highest BCUT2D eigenvalue weighted by Crippen LogP contribution is 2.22. The molecule has 0 unspecified atom stereocenters. The molecule has 0 spiro atoms. The summed E-state index contributed by atoms with van der Waals surface area (Å²) >= 11 is 3.31. The molecule has 1 heterocycles.